The van der Waals surface area contributed by atoms with Gasteiger partial charge in [0, 0.05) is 25.6 Å². The molecule has 1 aliphatic carbocycles. The van der Waals surface area contributed by atoms with Gasteiger partial charge >= 0.3 is 0 Å². The van der Waals surface area contributed by atoms with E-state index in [1.165, 1.54) is 12.8 Å². The number of likely N-dealkylation sites (N-methyl/N-ethyl adjacent to an activating group) is 1. The summed E-state index contributed by atoms with van der Waals surface area (Å²) in [5, 5.41) is 15.1. The number of nitrogens with two attached hydrogens (primary N) is 1. The van der Waals surface area contributed by atoms with Gasteiger partial charge in [-0.25, -0.2) is 0 Å². The maximum Gasteiger partial charge on any atom is 0.139 e. The Bertz CT molecular complexity index is 248. The lowest BCUT2D eigenvalue weighted by Crippen LogP contribution is -2.39. The minimum atomic E-state index is 0.247. The van der Waals surface area contributed by atoms with Gasteiger partial charge in [-0.05, 0) is 39.3 Å². The maximum absolute atomic E-state index is 8.56. The summed E-state index contributed by atoms with van der Waals surface area (Å²) >= 11 is 0. The molecule has 5 heteroatoms. The van der Waals surface area contributed by atoms with Crippen LogP contribution in [-0.2, 0) is 0 Å². The Morgan fingerprint density at radius 1 is 1.56 bits per heavy atom. The standard InChI is InChI=1S/C11H24N4O/c1-9(7-15(2)3)13-8-11(4-5-11)6-10(12)14-16/h9,13,16H,4-8H2,1-3H3,(H2,12,14). The Morgan fingerprint density at radius 2 is 2.19 bits per heavy atom. The second-order valence-corrected chi connectivity index (χ2v) is 5.31. The van der Waals surface area contributed by atoms with E-state index in [9.17, 15) is 0 Å². The topological polar surface area (TPSA) is 73.9 Å². The fourth-order valence-electron chi connectivity index (χ4n) is 2.02. The summed E-state index contributed by atoms with van der Waals surface area (Å²) in [7, 11) is 4.14. The first-order chi connectivity index (χ1) is 7.47. The molecule has 1 saturated carbocycles. The molecule has 94 valence electrons. The van der Waals surface area contributed by atoms with E-state index >= 15 is 0 Å². The summed E-state index contributed by atoms with van der Waals surface area (Å²) in [5.41, 5.74) is 5.80. The second kappa shape index (κ2) is 5.50. The largest absolute Gasteiger partial charge is 0.409 e. The van der Waals surface area contributed by atoms with E-state index in [0.29, 0.717) is 18.3 Å². The molecule has 1 atom stereocenters. The van der Waals surface area contributed by atoms with E-state index in [0.717, 1.165) is 13.1 Å². The van der Waals surface area contributed by atoms with Crippen molar-refractivity contribution in [1.29, 1.82) is 0 Å². The van der Waals surface area contributed by atoms with Gasteiger partial charge in [-0.3, -0.25) is 0 Å². The van der Waals surface area contributed by atoms with Gasteiger partial charge in [0.1, 0.15) is 5.84 Å². The Kier molecular flexibility index (Phi) is 4.56. The zero-order chi connectivity index (χ0) is 12.2. The molecule has 0 aromatic heterocycles. The van der Waals surface area contributed by atoms with Crippen molar-refractivity contribution < 1.29 is 5.21 Å². The third-order valence-corrected chi connectivity index (χ3v) is 3.11. The van der Waals surface area contributed by atoms with Crippen molar-refractivity contribution in [3.63, 3.8) is 0 Å². The number of nitrogens with one attached hydrogen (secondary N) is 1. The van der Waals surface area contributed by atoms with Crippen LogP contribution in [0.1, 0.15) is 26.2 Å². The van der Waals surface area contributed by atoms with Gasteiger partial charge in [-0.1, -0.05) is 5.16 Å². The molecule has 16 heavy (non-hydrogen) atoms. The lowest BCUT2D eigenvalue weighted by molar-refractivity contribution is 0.311. The molecule has 1 rings (SSSR count). The number of oxime groups is 1. The van der Waals surface area contributed by atoms with Gasteiger partial charge in [-0.15, -0.1) is 0 Å². The van der Waals surface area contributed by atoms with Crippen LogP contribution in [0.15, 0.2) is 5.16 Å². The molecule has 0 saturated heterocycles. The van der Waals surface area contributed by atoms with Crippen molar-refractivity contribution in [3.8, 4) is 0 Å². The maximum atomic E-state index is 8.56. The summed E-state index contributed by atoms with van der Waals surface area (Å²) in [6.07, 6.45) is 3.04. The molecule has 1 aliphatic rings. The summed E-state index contributed by atoms with van der Waals surface area (Å²) in [6, 6.07) is 0.472. The van der Waals surface area contributed by atoms with Crippen molar-refractivity contribution in [1.82, 2.24) is 10.2 Å². The molecule has 0 aromatic carbocycles. The third kappa shape index (κ3) is 4.37. The van der Waals surface area contributed by atoms with Crippen LogP contribution < -0.4 is 11.1 Å². The molecular weight excluding hydrogens is 204 g/mol. The number of hydrogen-bond acceptors (Lipinski definition) is 4. The highest BCUT2D eigenvalue weighted by Crippen LogP contribution is 2.48. The lowest BCUT2D eigenvalue weighted by Gasteiger charge is -2.22. The number of amidine groups is 1. The summed E-state index contributed by atoms with van der Waals surface area (Å²) in [6.45, 7) is 4.16. The molecule has 1 fully saturated rings. The van der Waals surface area contributed by atoms with Crippen LogP contribution in [-0.4, -0.2) is 49.2 Å². The predicted octanol–water partition coefficient (Wildman–Crippen LogP) is 0.443. The van der Waals surface area contributed by atoms with Crippen LogP contribution in [0.25, 0.3) is 0 Å². The quantitative estimate of drug-likeness (QED) is 0.256. The van der Waals surface area contributed by atoms with Crippen LogP contribution in [0.2, 0.25) is 0 Å². The van der Waals surface area contributed by atoms with Gasteiger partial charge in [0.05, 0.1) is 0 Å². The first-order valence-electron chi connectivity index (χ1n) is 5.82. The normalized spacial score (nSPS) is 21.1. The molecule has 4 N–H and O–H groups in total. The summed E-state index contributed by atoms with van der Waals surface area (Å²) in [5.74, 6) is 0.347. The Morgan fingerprint density at radius 3 is 2.62 bits per heavy atom. The zero-order valence-electron chi connectivity index (χ0n) is 10.5. The monoisotopic (exact) mass is 228 g/mol. The van der Waals surface area contributed by atoms with E-state index in [4.69, 9.17) is 10.9 Å². The van der Waals surface area contributed by atoms with Crippen molar-refractivity contribution in [2.24, 2.45) is 16.3 Å². The average Bonchev–Trinajstić information content (AvgIpc) is 2.94. The molecular formula is C11H24N4O. The number of hydrogen-bond donors (Lipinski definition) is 3. The SMILES string of the molecule is CC(CN(C)C)NCC1(CC(N)=NO)CC1. The molecule has 0 amide bonds. The molecule has 0 spiro atoms. The minimum Gasteiger partial charge on any atom is -0.409 e. The van der Waals surface area contributed by atoms with E-state index < -0.39 is 0 Å². The smallest absolute Gasteiger partial charge is 0.139 e. The van der Waals surface area contributed by atoms with E-state index in [2.05, 4.69) is 36.4 Å². The number of nitrogens with zero attached hydrogens (tertiary/aromatic N) is 2. The first kappa shape index (κ1) is 13.3. The Balaban J connectivity index is 2.26. The van der Waals surface area contributed by atoms with Crippen LogP contribution in [0.4, 0.5) is 0 Å². The summed E-state index contributed by atoms with van der Waals surface area (Å²) in [4.78, 5) is 2.17. The minimum absolute atomic E-state index is 0.247. The zero-order valence-corrected chi connectivity index (χ0v) is 10.5. The van der Waals surface area contributed by atoms with Crippen LogP contribution >= 0.6 is 0 Å². The van der Waals surface area contributed by atoms with Crippen molar-refractivity contribution >= 4 is 5.84 Å². The predicted molar refractivity (Wildman–Crippen MR) is 65.7 cm³/mol. The molecule has 1 unspecified atom stereocenters. The van der Waals surface area contributed by atoms with Crippen LogP contribution in [0.3, 0.4) is 0 Å². The van der Waals surface area contributed by atoms with Crippen LogP contribution in [0, 0.1) is 5.41 Å². The lowest BCUT2D eigenvalue weighted by atomic mass is 10.0. The molecule has 0 aromatic rings. The average molecular weight is 228 g/mol. The fourth-order valence-corrected chi connectivity index (χ4v) is 2.02. The van der Waals surface area contributed by atoms with Crippen molar-refractivity contribution in [2.45, 2.75) is 32.2 Å². The van der Waals surface area contributed by atoms with Crippen LogP contribution in [0.5, 0.6) is 0 Å². The molecule has 5 nitrogen and oxygen atoms in total. The second-order valence-electron chi connectivity index (χ2n) is 5.31. The van der Waals surface area contributed by atoms with Gasteiger partial charge in [0.25, 0.3) is 0 Å². The highest BCUT2D eigenvalue weighted by atomic mass is 16.4. The van der Waals surface area contributed by atoms with Gasteiger partial charge in [0.15, 0.2) is 0 Å². The molecule has 0 bridgehead atoms. The van der Waals surface area contributed by atoms with Gasteiger partial charge < -0.3 is 21.2 Å². The van der Waals surface area contributed by atoms with E-state index in [1.54, 1.807) is 0 Å². The number of rotatable bonds is 7. The third-order valence-electron chi connectivity index (χ3n) is 3.11. The first-order valence-corrected chi connectivity index (χ1v) is 5.82. The highest BCUT2D eigenvalue weighted by Gasteiger charge is 2.43. The molecule has 0 radical (unpaired) electrons. The summed E-state index contributed by atoms with van der Waals surface area (Å²) < 4.78 is 0. The molecule has 0 heterocycles. The highest BCUT2D eigenvalue weighted by molar-refractivity contribution is 5.80. The van der Waals surface area contributed by atoms with E-state index in [-0.39, 0.29) is 5.41 Å². The van der Waals surface area contributed by atoms with E-state index in [1.807, 2.05) is 0 Å². The van der Waals surface area contributed by atoms with Gasteiger partial charge in [0.2, 0.25) is 0 Å². The Hall–Kier alpha value is -0.810. The van der Waals surface area contributed by atoms with Crippen molar-refractivity contribution in [3.05, 3.63) is 0 Å². The fraction of sp³-hybridized carbons (Fsp3) is 0.909. The Labute approximate surface area is 97.7 Å². The van der Waals surface area contributed by atoms with Crippen molar-refractivity contribution in [2.75, 3.05) is 27.2 Å². The molecule has 0 aliphatic heterocycles. The van der Waals surface area contributed by atoms with Gasteiger partial charge in [-0.2, -0.15) is 0 Å².